The van der Waals surface area contributed by atoms with Gasteiger partial charge >= 0.3 is 5.69 Å². The van der Waals surface area contributed by atoms with Crippen LogP contribution in [0.5, 0.6) is 11.5 Å². The smallest absolute Gasteiger partial charge is 0.343 e. The summed E-state index contributed by atoms with van der Waals surface area (Å²) >= 11 is 1.49. The Kier molecular flexibility index (Phi) is 5.32. The minimum absolute atomic E-state index is 0.169. The van der Waals surface area contributed by atoms with Crippen molar-refractivity contribution >= 4 is 11.8 Å². The highest BCUT2D eigenvalue weighted by Gasteiger charge is 2.11. The lowest BCUT2D eigenvalue weighted by Crippen LogP contribution is -2.17. The summed E-state index contributed by atoms with van der Waals surface area (Å²) in [5.74, 6) is 2.22. The van der Waals surface area contributed by atoms with Crippen molar-refractivity contribution < 1.29 is 9.47 Å². The van der Waals surface area contributed by atoms with Gasteiger partial charge < -0.3 is 9.47 Å². The van der Waals surface area contributed by atoms with E-state index in [1.54, 1.807) is 18.8 Å². The highest BCUT2D eigenvalue weighted by atomic mass is 32.2. The van der Waals surface area contributed by atoms with Gasteiger partial charge in [-0.25, -0.2) is 9.89 Å². The van der Waals surface area contributed by atoms with Crippen LogP contribution in [-0.4, -0.2) is 29.0 Å². The second-order valence-electron chi connectivity index (χ2n) is 4.43. The summed E-state index contributed by atoms with van der Waals surface area (Å²) in [4.78, 5) is 11.7. The third-order valence-corrected chi connectivity index (χ3v) is 4.04. The van der Waals surface area contributed by atoms with Gasteiger partial charge in [0.25, 0.3) is 0 Å². The van der Waals surface area contributed by atoms with E-state index in [2.05, 4.69) is 10.2 Å². The minimum atomic E-state index is -0.169. The van der Waals surface area contributed by atoms with Gasteiger partial charge in [0.15, 0.2) is 5.16 Å². The molecular formula is C14H19N3O3S. The van der Waals surface area contributed by atoms with E-state index in [9.17, 15) is 4.79 Å². The normalized spacial score (nSPS) is 10.6. The summed E-state index contributed by atoms with van der Waals surface area (Å²) in [5.41, 5.74) is 0.831. The number of aromatic amines is 1. The topological polar surface area (TPSA) is 69.1 Å². The second kappa shape index (κ2) is 7.21. The fourth-order valence-electron chi connectivity index (χ4n) is 1.97. The molecule has 0 amide bonds. The number of ether oxygens (including phenoxy) is 2. The number of H-pyrrole nitrogens is 1. The molecule has 0 radical (unpaired) electrons. The fourth-order valence-corrected chi connectivity index (χ4v) is 2.92. The molecule has 114 valence electrons. The molecule has 1 aromatic heterocycles. The van der Waals surface area contributed by atoms with Crippen LogP contribution in [0.25, 0.3) is 0 Å². The molecule has 0 saturated heterocycles. The molecule has 1 aromatic carbocycles. The van der Waals surface area contributed by atoms with Crippen LogP contribution < -0.4 is 15.2 Å². The molecule has 0 aliphatic rings. The van der Waals surface area contributed by atoms with Crippen molar-refractivity contribution in [3.05, 3.63) is 34.2 Å². The number of thioether (sulfide) groups is 1. The first kappa shape index (κ1) is 15.5. The molecule has 0 spiro atoms. The van der Waals surface area contributed by atoms with Crippen LogP contribution in [0.4, 0.5) is 0 Å². The molecule has 0 aliphatic heterocycles. The van der Waals surface area contributed by atoms with E-state index in [0.29, 0.717) is 17.5 Å². The average Bonchev–Trinajstić information content (AvgIpc) is 2.86. The molecule has 0 unspecified atom stereocenters. The Balaban J connectivity index is 2.18. The van der Waals surface area contributed by atoms with Gasteiger partial charge in [0.1, 0.15) is 11.5 Å². The number of nitrogens with zero attached hydrogens (tertiary/aromatic N) is 2. The third kappa shape index (κ3) is 3.60. The Morgan fingerprint density at radius 3 is 2.81 bits per heavy atom. The van der Waals surface area contributed by atoms with E-state index >= 15 is 0 Å². The molecule has 0 saturated carbocycles. The number of aromatic nitrogens is 3. The molecule has 0 atom stereocenters. The Bertz CT molecular complexity index is 651. The Labute approximate surface area is 127 Å². The zero-order valence-corrected chi connectivity index (χ0v) is 13.2. The Morgan fingerprint density at radius 2 is 2.14 bits per heavy atom. The number of hydrogen-bond acceptors (Lipinski definition) is 5. The van der Waals surface area contributed by atoms with Crippen molar-refractivity contribution in [1.29, 1.82) is 0 Å². The van der Waals surface area contributed by atoms with Crippen LogP contribution in [0.15, 0.2) is 28.2 Å². The first-order chi connectivity index (χ1) is 10.2. The summed E-state index contributed by atoms with van der Waals surface area (Å²) in [6.07, 6.45) is 0.884. The summed E-state index contributed by atoms with van der Waals surface area (Å²) in [6, 6.07) is 5.66. The highest BCUT2D eigenvalue weighted by Crippen LogP contribution is 2.29. The monoisotopic (exact) mass is 309 g/mol. The van der Waals surface area contributed by atoms with Gasteiger partial charge in [-0.15, -0.1) is 5.10 Å². The van der Waals surface area contributed by atoms with Crippen molar-refractivity contribution in [2.45, 2.75) is 30.8 Å². The summed E-state index contributed by atoms with van der Waals surface area (Å²) in [7, 11) is 3.27. The van der Waals surface area contributed by atoms with E-state index in [4.69, 9.17) is 9.47 Å². The van der Waals surface area contributed by atoms with Gasteiger partial charge in [0, 0.05) is 17.9 Å². The van der Waals surface area contributed by atoms with E-state index in [1.165, 1.54) is 11.8 Å². The molecule has 7 heteroatoms. The maximum absolute atomic E-state index is 11.7. The summed E-state index contributed by atoms with van der Waals surface area (Å²) in [5, 5.41) is 7.24. The van der Waals surface area contributed by atoms with Crippen LogP contribution in [0.1, 0.15) is 18.9 Å². The van der Waals surface area contributed by atoms with Crippen molar-refractivity contribution in [1.82, 2.24) is 14.8 Å². The zero-order valence-electron chi connectivity index (χ0n) is 12.4. The van der Waals surface area contributed by atoms with E-state index in [0.717, 1.165) is 23.5 Å². The summed E-state index contributed by atoms with van der Waals surface area (Å²) in [6.45, 7) is 2.69. The van der Waals surface area contributed by atoms with Crippen LogP contribution in [0.3, 0.4) is 0 Å². The van der Waals surface area contributed by atoms with Crippen molar-refractivity contribution in [3.63, 3.8) is 0 Å². The molecule has 0 bridgehead atoms. The largest absolute Gasteiger partial charge is 0.497 e. The third-order valence-electron chi connectivity index (χ3n) is 3.01. The molecule has 21 heavy (non-hydrogen) atoms. The highest BCUT2D eigenvalue weighted by molar-refractivity contribution is 7.98. The average molecular weight is 309 g/mol. The number of benzene rings is 1. The maximum Gasteiger partial charge on any atom is 0.343 e. The Hall–Kier alpha value is -1.89. The number of rotatable bonds is 7. The predicted octanol–water partition coefficient (Wildman–Crippen LogP) is 2.29. The van der Waals surface area contributed by atoms with Crippen LogP contribution in [0.2, 0.25) is 0 Å². The van der Waals surface area contributed by atoms with Crippen LogP contribution in [0, 0.1) is 0 Å². The predicted molar refractivity (Wildman–Crippen MR) is 82.2 cm³/mol. The molecule has 0 fully saturated rings. The van der Waals surface area contributed by atoms with Gasteiger partial charge in [-0.2, -0.15) is 0 Å². The molecule has 1 heterocycles. The quantitative estimate of drug-likeness (QED) is 0.795. The van der Waals surface area contributed by atoms with Gasteiger partial charge in [-0.3, -0.25) is 4.57 Å². The first-order valence-electron chi connectivity index (χ1n) is 6.68. The molecule has 1 N–H and O–H groups in total. The van der Waals surface area contributed by atoms with E-state index < -0.39 is 0 Å². The molecule has 2 aromatic rings. The van der Waals surface area contributed by atoms with Crippen molar-refractivity contribution in [2.75, 3.05) is 14.2 Å². The number of nitrogens with one attached hydrogen (secondary N) is 1. The van der Waals surface area contributed by atoms with Crippen LogP contribution >= 0.6 is 11.8 Å². The van der Waals surface area contributed by atoms with Crippen molar-refractivity contribution in [2.24, 2.45) is 0 Å². The second-order valence-corrected chi connectivity index (χ2v) is 5.37. The lowest BCUT2D eigenvalue weighted by Gasteiger charge is -2.10. The fraction of sp³-hybridized carbons (Fsp3) is 0.429. The number of hydrogen-bond donors (Lipinski definition) is 1. The summed E-state index contributed by atoms with van der Waals surface area (Å²) < 4.78 is 12.2. The first-order valence-corrected chi connectivity index (χ1v) is 7.67. The van der Waals surface area contributed by atoms with Gasteiger partial charge in [-0.1, -0.05) is 18.7 Å². The van der Waals surface area contributed by atoms with Gasteiger partial charge in [-0.05, 0) is 24.6 Å². The lowest BCUT2D eigenvalue weighted by molar-refractivity contribution is 0.400. The molecule has 0 aliphatic carbocycles. The standard InChI is InChI=1S/C14H19N3O3S/c1-4-7-17-13(18)15-16-14(17)21-9-10-8-11(19-2)5-6-12(10)20-3/h5-6,8H,4,7,9H2,1-3H3,(H,15,18). The van der Waals surface area contributed by atoms with Gasteiger partial charge in [0.2, 0.25) is 0 Å². The van der Waals surface area contributed by atoms with Crippen molar-refractivity contribution in [3.8, 4) is 11.5 Å². The lowest BCUT2D eigenvalue weighted by atomic mass is 10.2. The van der Waals surface area contributed by atoms with E-state index in [-0.39, 0.29) is 5.69 Å². The molecule has 6 nitrogen and oxygen atoms in total. The Morgan fingerprint density at radius 1 is 1.33 bits per heavy atom. The van der Waals surface area contributed by atoms with E-state index in [1.807, 2.05) is 25.1 Å². The zero-order chi connectivity index (χ0) is 15.2. The van der Waals surface area contributed by atoms with Gasteiger partial charge in [0.05, 0.1) is 14.2 Å². The number of methoxy groups -OCH3 is 2. The minimum Gasteiger partial charge on any atom is -0.497 e. The maximum atomic E-state index is 11.7. The molecular weight excluding hydrogens is 290 g/mol. The SMILES string of the molecule is CCCn1c(SCc2cc(OC)ccc2OC)n[nH]c1=O. The molecule has 2 rings (SSSR count). The van der Waals surface area contributed by atoms with Crippen LogP contribution in [-0.2, 0) is 12.3 Å².